The third kappa shape index (κ3) is 5.26. The Morgan fingerprint density at radius 1 is 1.14 bits per heavy atom. The van der Waals surface area contributed by atoms with E-state index >= 15 is 0 Å². The lowest BCUT2D eigenvalue weighted by Crippen LogP contribution is -2.21. The van der Waals surface area contributed by atoms with Gasteiger partial charge >= 0.3 is 5.76 Å². The molecule has 0 N–H and O–H groups in total. The van der Waals surface area contributed by atoms with E-state index in [0.717, 1.165) is 5.56 Å². The molecule has 0 radical (unpaired) electrons. The van der Waals surface area contributed by atoms with Gasteiger partial charge in [0.1, 0.15) is 11.4 Å². The van der Waals surface area contributed by atoms with Crippen molar-refractivity contribution in [1.82, 2.24) is 4.98 Å². The molecule has 28 heavy (non-hydrogen) atoms. The van der Waals surface area contributed by atoms with Crippen LogP contribution in [-0.2, 0) is 14.4 Å². The summed E-state index contributed by atoms with van der Waals surface area (Å²) in [5.41, 5.74) is 1.33. The molecule has 1 aromatic carbocycles. The fourth-order valence-corrected chi connectivity index (χ4v) is 2.88. The zero-order valence-electron chi connectivity index (χ0n) is 15.6. The number of pyridine rings is 1. The number of alkyl halides is 2. The molecular weight excluding hydrogens is 395 g/mol. The SMILES string of the molecule is CCN(CC)c1ccc(N=Nc2ccc(C)cn2)c(N=S(=O)(OF)C(F)F)c1. The molecule has 0 saturated carbocycles. The van der Waals surface area contributed by atoms with Crippen molar-refractivity contribution in [2.45, 2.75) is 26.5 Å². The Kier molecular flexibility index (Phi) is 7.46. The van der Waals surface area contributed by atoms with Crippen LogP contribution in [0.4, 0.5) is 36.2 Å². The molecule has 11 heteroatoms. The number of azo groups is 1. The standard InChI is InChI=1S/C17H20F3N5O2S/c1-4-25(5-2)13-7-8-14(22-23-16-9-6-12(3)11-21-16)15(10-13)24-28(26,27-20)17(18)19/h6-11,17H,4-5H2,1-3H3. The number of hydrogen-bond acceptors (Lipinski definition) is 7. The first-order valence-electron chi connectivity index (χ1n) is 8.40. The number of benzene rings is 1. The normalized spacial score (nSPS) is 13.7. The summed E-state index contributed by atoms with van der Waals surface area (Å²) in [6.07, 6.45) is 1.59. The van der Waals surface area contributed by atoms with Crippen LogP contribution in [0.1, 0.15) is 19.4 Å². The Balaban J connectivity index is 2.56. The van der Waals surface area contributed by atoms with Crippen molar-refractivity contribution < 1.29 is 21.9 Å². The Morgan fingerprint density at radius 3 is 2.39 bits per heavy atom. The predicted octanol–water partition coefficient (Wildman–Crippen LogP) is 5.79. The highest BCUT2D eigenvalue weighted by molar-refractivity contribution is 7.89. The molecule has 0 spiro atoms. The lowest BCUT2D eigenvalue weighted by atomic mass is 10.2. The average Bonchev–Trinajstić information content (AvgIpc) is 2.69. The van der Waals surface area contributed by atoms with E-state index in [4.69, 9.17) is 0 Å². The first kappa shape index (κ1) is 21.8. The van der Waals surface area contributed by atoms with E-state index in [9.17, 15) is 17.5 Å². The lowest BCUT2D eigenvalue weighted by molar-refractivity contribution is -0.000950. The first-order valence-corrected chi connectivity index (χ1v) is 9.91. The fraction of sp³-hybridized carbons (Fsp3) is 0.353. The number of rotatable bonds is 8. The van der Waals surface area contributed by atoms with Crippen LogP contribution in [0, 0.1) is 6.92 Å². The first-order chi connectivity index (χ1) is 13.3. The Bertz CT molecular complexity index is 940. The maximum atomic E-state index is 13.0. The summed E-state index contributed by atoms with van der Waals surface area (Å²) in [5.74, 6) is -3.36. The topological polar surface area (TPSA) is 79.5 Å². The smallest absolute Gasteiger partial charge is 0.345 e. The lowest BCUT2D eigenvalue weighted by Gasteiger charge is -2.21. The van der Waals surface area contributed by atoms with Crippen molar-refractivity contribution >= 4 is 32.9 Å². The molecular formula is C17H20F3N5O2S. The van der Waals surface area contributed by atoms with Crippen molar-refractivity contribution in [3.05, 3.63) is 42.1 Å². The number of aromatic nitrogens is 1. The van der Waals surface area contributed by atoms with Gasteiger partial charge in [0.15, 0.2) is 5.82 Å². The van der Waals surface area contributed by atoms with E-state index in [1.165, 1.54) is 12.1 Å². The summed E-state index contributed by atoms with van der Waals surface area (Å²) in [4.78, 5) is 5.96. The highest BCUT2D eigenvalue weighted by Crippen LogP contribution is 2.35. The summed E-state index contributed by atoms with van der Waals surface area (Å²) in [6.45, 7) is 6.94. The number of aryl methyl sites for hydroxylation is 1. The van der Waals surface area contributed by atoms with Crippen molar-refractivity contribution in [3.63, 3.8) is 0 Å². The van der Waals surface area contributed by atoms with Crippen LogP contribution < -0.4 is 4.90 Å². The summed E-state index contributed by atoms with van der Waals surface area (Å²) in [7, 11) is -4.87. The van der Waals surface area contributed by atoms with Gasteiger partial charge in [0.2, 0.25) is 0 Å². The van der Waals surface area contributed by atoms with Gasteiger partial charge in [-0.2, -0.15) is 13.1 Å². The maximum absolute atomic E-state index is 13.0. The van der Waals surface area contributed by atoms with Gasteiger partial charge in [-0.1, -0.05) is 10.5 Å². The third-order valence-corrected chi connectivity index (χ3v) is 4.87. The van der Waals surface area contributed by atoms with Crippen LogP contribution in [-0.4, -0.2) is 28.0 Å². The molecule has 0 bridgehead atoms. The van der Waals surface area contributed by atoms with Gasteiger partial charge in [-0.25, -0.2) is 9.19 Å². The molecule has 1 atom stereocenters. The molecule has 1 heterocycles. The van der Waals surface area contributed by atoms with E-state index in [2.05, 4.69) is 24.0 Å². The van der Waals surface area contributed by atoms with Crippen LogP contribution in [0.25, 0.3) is 0 Å². The van der Waals surface area contributed by atoms with Gasteiger partial charge in [-0.05, 0) is 55.1 Å². The maximum Gasteiger partial charge on any atom is 0.345 e. The molecule has 152 valence electrons. The van der Waals surface area contributed by atoms with Gasteiger partial charge in [-0.15, -0.1) is 10.2 Å². The van der Waals surface area contributed by atoms with E-state index in [1.807, 2.05) is 25.7 Å². The number of hydrogen-bond donors (Lipinski definition) is 0. The molecule has 2 rings (SSSR count). The molecule has 7 nitrogen and oxygen atoms in total. The number of nitrogens with zero attached hydrogens (tertiary/aromatic N) is 5. The minimum absolute atomic E-state index is 0.0173. The molecule has 0 saturated heterocycles. The van der Waals surface area contributed by atoms with Gasteiger partial charge in [0.25, 0.3) is 10.0 Å². The van der Waals surface area contributed by atoms with Crippen LogP contribution in [0.3, 0.4) is 0 Å². The van der Waals surface area contributed by atoms with Gasteiger partial charge in [-0.3, -0.25) is 0 Å². The zero-order valence-corrected chi connectivity index (χ0v) is 16.4. The Hall–Kier alpha value is -2.53. The van der Waals surface area contributed by atoms with E-state index < -0.39 is 15.8 Å². The zero-order chi connectivity index (χ0) is 20.7. The quantitative estimate of drug-likeness (QED) is 0.511. The van der Waals surface area contributed by atoms with E-state index in [0.29, 0.717) is 18.8 Å². The van der Waals surface area contributed by atoms with Crippen LogP contribution in [0.2, 0.25) is 0 Å². The van der Waals surface area contributed by atoms with Crippen molar-refractivity contribution in [2.24, 2.45) is 14.6 Å². The monoisotopic (exact) mass is 415 g/mol. The van der Waals surface area contributed by atoms with Crippen molar-refractivity contribution in [1.29, 1.82) is 0 Å². The largest absolute Gasteiger partial charge is 0.372 e. The summed E-state index contributed by atoms with van der Waals surface area (Å²) < 4.78 is 56.7. The molecule has 1 unspecified atom stereocenters. The Labute approximate surface area is 161 Å². The second-order valence-electron chi connectivity index (χ2n) is 5.67. The minimum atomic E-state index is -4.87. The van der Waals surface area contributed by atoms with Crippen LogP contribution >= 0.6 is 0 Å². The molecule has 0 aliphatic heterocycles. The minimum Gasteiger partial charge on any atom is -0.372 e. The van der Waals surface area contributed by atoms with Gasteiger partial charge in [0, 0.05) is 25.0 Å². The average molecular weight is 415 g/mol. The second kappa shape index (κ2) is 9.60. The van der Waals surface area contributed by atoms with Crippen molar-refractivity contribution in [3.8, 4) is 0 Å². The molecule has 1 aromatic heterocycles. The Morgan fingerprint density at radius 2 is 1.86 bits per heavy atom. The van der Waals surface area contributed by atoms with Crippen molar-refractivity contribution in [2.75, 3.05) is 18.0 Å². The summed E-state index contributed by atoms with van der Waals surface area (Å²) in [6, 6.07) is 7.92. The number of halogens is 3. The molecule has 0 fully saturated rings. The molecule has 0 amide bonds. The summed E-state index contributed by atoms with van der Waals surface area (Å²) >= 11 is 0. The van der Waals surface area contributed by atoms with Crippen LogP contribution in [0.5, 0.6) is 0 Å². The molecule has 0 aliphatic carbocycles. The highest BCUT2D eigenvalue weighted by atomic mass is 32.2. The van der Waals surface area contributed by atoms with Gasteiger partial charge in [0.05, 0.1) is 0 Å². The molecule has 0 aliphatic rings. The van der Waals surface area contributed by atoms with Crippen LogP contribution in [0.15, 0.2) is 51.1 Å². The predicted molar refractivity (Wildman–Crippen MR) is 102 cm³/mol. The van der Waals surface area contributed by atoms with E-state index in [-0.39, 0.29) is 17.2 Å². The van der Waals surface area contributed by atoms with E-state index in [1.54, 1.807) is 24.4 Å². The fourth-order valence-electron chi connectivity index (χ4n) is 2.30. The highest BCUT2D eigenvalue weighted by Gasteiger charge is 2.25. The molecule has 2 aromatic rings. The summed E-state index contributed by atoms with van der Waals surface area (Å²) in [5, 5.41) is 7.86. The second-order valence-corrected chi connectivity index (χ2v) is 7.36. The number of anilines is 1. The van der Waals surface area contributed by atoms with Gasteiger partial charge < -0.3 is 4.90 Å². The third-order valence-electron chi connectivity index (χ3n) is 3.78.